The molecule has 9 heteroatoms. The van der Waals surface area contributed by atoms with Gasteiger partial charge in [-0.1, -0.05) is 148 Å². The summed E-state index contributed by atoms with van der Waals surface area (Å²) in [6.45, 7) is 6.51. The molecule has 6 rings (SSSR count). The summed E-state index contributed by atoms with van der Waals surface area (Å²) < 4.78 is 26.1. The van der Waals surface area contributed by atoms with Gasteiger partial charge in [-0.25, -0.2) is 9.59 Å². The van der Waals surface area contributed by atoms with E-state index < -0.39 is 50.1 Å². The Morgan fingerprint density at radius 2 is 1.06 bits per heavy atom. The molecule has 0 radical (unpaired) electrons. The molecule has 1 heterocycles. The summed E-state index contributed by atoms with van der Waals surface area (Å²) in [5.74, 6) is -1.28. The number of benzene rings is 5. The number of aliphatic hydroxyl groups excluding tert-OH is 1. The molecule has 7 nitrogen and oxygen atoms in total. The SMILES string of the molecule is CC(C)(C)[Si](OC[C@H]1O[C@@H](Sc2ccccc2)[C@H](OC(=O)c2ccccc2)[C@@H](OC(=O)c2ccccc2)[C@H]1O)(c1ccccc1)c1ccccc1. The predicted molar refractivity (Wildman–Crippen MR) is 202 cm³/mol. The third-order valence-electron chi connectivity index (χ3n) is 9.00. The lowest BCUT2D eigenvalue weighted by atomic mass is 9.99. The van der Waals surface area contributed by atoms with Crippen molar-refractivity contribution in [3.05, 3.63) is 163 Å². The molecular weight excluding hydrogens is 677 g/mol. The third kappa shape index (κ3) is 8.19. The minimum Gasteiger partial charge on any atom is -0.452 e. The molecule has 1 aliphatic rings. The van der Waals surface area contributed by atoms with E-state index >= 15 is 0 Å². The molecule has 51 heavy (non-hydrogen) atoms. The minimum absolute atomic E-state index is 0.0148. The van der Waals surface area contributed by atoms with Gasteiger partial charge in [0.05, 0.1) is 17.7 Å². The largest absolute Gasteiger partial charge is 0.452 e. The average molecular weight is 719 g/mol. The van der Waals surface area contributed by atoms with E-state index in [1.54, 1.807) is 60.7 Å². The van der Waals surface area contributed by atoms with Gasteiger partial charge < -0.3 is 23.7 Å². The van der Waals surface area contributed by atoms with Gasteiger partial charge in [0.2, 0.25) is 0 Å². The summed E-state index contributed by atoms with van der Waals surface area (Å²) in [5, 5.41) is 14.0. The Morgan fingerprint density at radius 3 is 1.51 bits per heavy atom. The van der Waals surface area contributed by atoms with Crippen molar-refractivity contribution in [2.24, 2.45) is 0 Å². The van der Waals surface area contributed by atoms with E-state index in [1.165, 1.54) is 11.8 Å². The molecule has 1 saturated heterocycles. The van der Waals surface area contributed by atoms with E-state index in [0.29, 0.717) is 11.1 Å². The van der Waals surface area contributed by atoms with Crippen molar-refractivity contribution in [1.82, 2.24) is 0 Å². The van der Waals surface area contributed by atoms with Crippen LogP contribution in [0.15, 0.2) is 157 Å². The number of esters is 2. The van der Waals surface area contributed by atoms with Gasteiger partial charge in [0.1, 0.15) is 17.6 Å². The number of aliphatic hydroxyl groups is 1. The van der Waals surface area contributed by atoms with E-state index in [-0.39, 0.29) is 11.6 Å². The molecule has 0 aliphatic carbocycles. The topological polar surface area (TPSA) is 91.3 Å². The summed E-state index contributed by atoms with van der Waals surface area (Å²) in [5.41, 5.74) is -0.248. The fourth-order valence-corrected chi connectivity index (χ4v) is 12.2. The van der Waals surface area contributed by atoms with E-state index in [9.17, 15) is 14.7 Å². The fraction of sp³-hybridized carbons (Fsp3) is 0.238. The Hall–Kier alpha value is -4.51. The van der Waals surface area contributed by atoms with Gasteiger partial charge in [-0.3, -0.25) is 0 Å². The first-order valence-electron chi connectivity index (χ1n) is 17.0. The van der Waals surface area contributed by atoms with Gasteiger partial charge in [0.15, 0.2) is 12.2 Å². The van der Waals surface area contributed by atoms with Crippen LogP contribution in [0.25, 0.3) is 0 Å². The van der Waals surface area contributed by atoms with E-state index in [4.69, 9.17) is 18.6 Å². The molecule has 0 unspecified atom stereocenters. The zero-order valence-corrected chi connectivity index (χ0v) is 30.6. The minimum atomic E-state index is -3.04. The number of hydrogen-bond donors (Lipinski definition) is 1. The van der Waals surface area contributed by atoms with E-state index in [0.717, 1.165) is 15.3 Å². The molecule has 5 aromatic rings. The summed E-state index contributed by atoms with van der Waals surface area (Å²) in [6, 6.07) is 47.1. The van der Waals surface area contributed by atoms with Crippen LogP contribution in [0, 0.1) is 0 Å². The van der Waals surface area contributed by atoms with Gasteiger partial charge in [-0.05, 0) is 51.8 Å². The van der Waals surface area contributed by atoms with E-state index in [1.807, 2.05) is 66.7 Å². The number of carbonyl (C=O) groups excluding carboxylic acids is 2. The molecule has 0 aromatic heterocycles. The van der Waals surface area contributed by atoms with Crippen molar-refractivity contribution in [3.63, 3.8) is 0 Å². The lowest BCUT2D eigenvalue weighted by Gasteiger charge is -2.46. The first-order valence-corrected chi connectivity index (χ1v) is 19.8. The molecule has 0 spiro atoms. The van der Waals surface area contributed by atoms with Crippen LogP contribution in [-0.4, -0.2) is 61.8 Å². The Labute approximate surface area is 304 Å². The van der Waals surface area contributed by atoms with Crippen LogP contribution in [0.3, 0.4) is 0 Å². The lowest BCUT2D eigenvalue weighted by molar-refractivity contribution is -0.205. The molecule has 1 fully saturated rings. The zero-order chi connectivity index (χ0) is 35.8. The van der Waals surface area contributed by atoms with Gasteiger partial charge in [-0.15, -0.1) is 0 Å². The standard InChI is InChI=1S/C42H42O7SSi/c1-42(2,3)51(33-25-15-7-16-26-33,34-27-17-8-18-28-34)46-29-35-36(43)37(48-39(44)30-19-9-4-10-20-30)38(49-40(45)31-21-11-5-12-22-31)41(47-35)50-32-23-13-6-14-24-32/h4-28,35-38,41,43H,29H2,1-3H3/t35-,36+,37+,38-,41+/m1/s1. The number of carbonyl (C=O) groups is 2. The first-order chi connectivity index (χ1) is 24.7. The molecule has 5 aromatic carbocycles. The Kier molecular flexibility index (Phi) is 11.5. The van der Waals surface area contributed by atoms with Crippen LogP contribution in [0.5, 0.6) is 0 Å². The average Bonchev–Trinajstić information content (AvgIpc) is 3.16. The number of hydrogen-bond acceptors (Lipinski definition) is 8. The smallest absolute Gasteiger partial charge is 0.338 e. The molecule has 1 aliphatic heterocycles. The molecule has 0 bridgehead atoms. The Bertz CT molecular complexity index is 1820. The number of rotatable bonds is 11. The second kappa shape index (κ2) is 16.2. The molecule has 0 saturated carbocycles. The van der Waals surface area contributed by atoms with Crippen LogP contribution in [0.4, 0.5) is 0 Å². The van der Waals surface area contributed by atoms with Crippen molar-refractivity contribution in [2.75, 3.05) is 6.61 Å². The van der Waals surface area contributed by atoms with Crippen LogP contribution in [0.1, 0.15) is 41.5 Å². The maximum Gasteiger partial charge on any atom is 0.338 e. The van der Waals surface area contributed by atoms with Crippen LogP contribution >= 0.6 is 11.8 Å². The number of ether oxygens (including phenoxy) is 3. The fourth-order valence-electron chi connectivity index (χ4n) is 6.52. The highest BCUT2D eigenvalue weighted by molar-refractivity contribution is 7.99. The second-order valence-electron chi connectivity index (χ2n) is 13.4. The predicted octanol–water partition coefficient (Wildman–Crippen LogP) is 6.89. The van der Waals surface area contributed by atoms with Crippen molar-refractivity contribution < 1.29 is 33.3 Å². The highest BCUT2D eigenvalue weighted by atomic mass is 32.2. The molecule has 262 valence electrons. The maximum atomic E-state index is 13.6. The summed E-state index contributed by atoms with van der Waals surface area (Å²) >= 11 is 1.33. The van der Waals surface area contributed by atoms with Crippen molar-refractivity contribution in [2.45, 2.75) is 60.6 Å². The molecule has 0 amide bonds. The highest BCUT2D eigenvalue weighted by Gasteiger charge is 2.54. The van der Waals surface area contributed by atoms with Gasteiger partial charge in [0, 0.05) is 4.90 Å². The van der Waals surface area contributed by atoms with Gasteiger partial charge in [-0.2, -0.15) is 0 Å². The van der Waals surface area contributed by atoms with Crippen LogP contribution in [-0.2, 0) is 18.6 Å². The summed E-state index contributed by atoms with van der Waals surface area (Å²) in [6.07, 6.45) is -4.81. The molecule has 1 N–H and O–H groups in total. The third-order valence-corrected chi connectivity index (χ3v) is 15.2. The van der Waals surface area contributed by atoms with Gasteiger partial charge in [0.25, 0.3) is 8.32 Å². The van der Waals surface area contributed by atoms with Crippen LogP contribution in [0.2, 0.25) is 5.04 Å². The van der Waals surface area contributed by atoms with Crippen molar-refractivity contribution in [3.8, 4) is 0 Å². The first kappa shape index (κ1) is 36.3. The molecular formula is C42H42O7SSi. The number of thioether (sulfide) groups is 1. The highest BCUT2D eigenvalue weighted by Crippen LogP contribution is 2.40. The lowest BCUT2D eigenvalue weighted by Crippen LogP contribution is -2.68. The zero-order valence-electron chi connectivity index (χ0n) is 28.8. The van der Waals surface area contributed by atoms with E-state index in [2.05, 4.69) is 45.0 Å². The normalized spacial score (nSPS) is 20.7. The van der Waals surface area contributed by atoms with Crippen molar-refractivity contribution >= 4 is 42.4 Å². The Balaban J connectivity index is 1.39. The molecule has 5 atom stereocenters. The summed E-state index contributed by atoms with van der Waals surface area (Å²) in [4.78, 5) is 28.0. The van der Waals surface area contributed by atoms with Gasteiger partial charge >= 0.3 is 11.9 Å². The quantitative estimate of drug-likeness (QED) is 0.117. The Morgan fingerprint density at radius 1 is 0.647 bits per heavy atom. The monoisotopic (exact) mass is 718 g/mol. The maximum absolute atomic E-state index is 13.6. The summed E-state index contributed by atoms with van der Waals surface area (Å²) in [7, 11) is -3.04. The second-order valence-corrected chi connectivity index (χ2v) is 18.9. The van der Waals surface area contributed by atoms with Crippen LogP contribution < -0.4 is 10.4 Å². The van der Waals surface area contributed by atoms with Crippen molar-refractivity contribution in [1.29, 1.82) is 0 Å².